The summed E-state index contributed by atoms with van der Waals surface area (Å²) in [5.41, 5.74) is 10.8. The van der Waals surface area contributed by atoms with Gasteiger partial charge in [0, 0.05) is 56.0 Å². The molecule has 0 atom stereocenters. The lowest BCUT2D eigenvalue weighted by Gasteiger charge is -2.22. The minimum atomic E-state index is 0.425. The van der Waals surface area contributed by atoms with E-state index in [1.165, 1.54) is 0 Å². The van der Waals surface area contributed by atoms with Crippen LogP contribution in [0.5, 0.6) is 0 Å². The number of anilines is 1. The number of hydrogen-bond acceptors (Lipinski definition) is 6. The van der Waals surface area contributed by atoms with Crippen molar-refractivity contribution < 1.29 is 4.79 Å². The van der Waals surface area contributed by atoms with Gasteiger partial charge in [-0.25, -0.2) is 0 Å². The quantitative estimate of drug-likeness (QED) is 0.520. The fraction of sp³-hybridized carbons (Fsp3) is 0.174. The number of aromatic nitrogens is 2. The molecular formula is C23H25N5O. The molecule has 0 bridgehead atoms. The SMILES string of the molecule is N/C(=C\Nc1ccc(CC=O)cc1)CN(Cc1ccccn1)Cc1ccccn1. The summed E-state index contributed by atoms with van der Waals surface area (Å²) in [6.45, 7) is 1.92. The molecule has 3 aromatic rings. The highest BCUT2D eigenvalue weighted by Crippen LogP contribution is 2.11. The van der Waals surface area contributed by atoms with Gasteiger partial charge in [-0.2, -0.15) is 0 Å². The molecule has 0 aliphatic heterocycles. The van der Waals surface area contributed by atoms with Crippen molar-refractivity contribution >= 4 is 12.0 Å². The van der Waals surface area contributed by atoms with E-state index in [2.05, 4.69) is 20.2 Å². The van der Waals surface area contributed by atoms with Crippen molar-refractivity contribution in [1.82, 2.24) is 14.9 Å². The summed E-state index contributed by atoms with van der Waals surface area (Å²) in [4.78, 5) is 21.6. The number of pyridine rings is 2. The standard InChI is InChI=1S/C23H25N5O/c24-20(15-27-21-9-7-19(8-10-21)11-14-29)16-28(17-22-5-1-3-12-25-22)18-23-6-2-4-13-26-23/h1-10,12-15,27H,11,16-18,24H2/b20-15-. The second-order valence-electron chi connectivity index (χ2n) is 6.72. The number of nitrogens with one attached hydrogen (secondary N) is 1. The van der Waals surface area contributed by atoms with Crippen LogP contribution in [0.1, 0.15) is 17.0 Å². The fourth-order valence-electron chi connectivity index (χ4n) is 2.92. The predicted molar refractivity (Wildman–Crippen MR) is 115 cm³/mol. The van der Waals surface area contributed by atoms with Gasteiger partial charge in [0.25, 0.3) is 0 Å². The van der Waals surface area contributed by atoms with Gasteiger partial charge in [0.2, 0.25) is 0 Å². The Bertz CT molecular complexity index is 870. The molecule has 0 spiro atoms. The average Bonchev–Trinajstić information content (AvgIpc) is 2.75. The third kappa shape index (κ3) is 6.86. The predicted octanol–water partition coefficient (Wildman–Crippen LogP) is 3.13. The van der Waals surface area contributed by atoms with Gasteiger partial charge in [-0.3, -0.25) is 14.9 Å². The van der Waals surface area contributed by atoms with Gasteiger partial charge < -0.3 is 15.8 Å². The third-order valence-corrected chi connectivity index (χ3v) is 4.33. The second kappa shape index (κ2) is 10.7. The molecule has 0 aliphatic carbocycles. The topological polar surface area (TPSA) is 84.1 Å². The van der Waals surface area contributed by atoms with E-state index in [1.54, 1.807) is 18.6 Å². The maximum Gasteiger partial charge on any atom is 0.124 e. The van der Waals surface area contributed by atoms with Crippen LogP contribution in [0, 0.1) is 0 Å². The van der Waals surface area contributed by atoms with Gasteiger partial charge in [-0.05, 0) is 42.0 Å². The first-order chi connectivity index (χ1) is 14.2. The average molecular weight is 387 g/mol. The molecule has 29 heavy (non-hydrogen) atoms. The van der Waals surface area contributed by atoms with E-state index in [4.69, 9.17) is 5.73 Å². The lowest BCUT2D eigenvalue weighted by Crippen LogP contribution is -2.28. The van der Waals surface area contributed by atoms with Gasteiger partial charge in [-0.15, -0.1) is 0 Å². The number of nitrogens with two attached hydrogens (primary N) is 1. The molecule has 0 radical (unpaired) electrons. The molecule has 3 N–H and O–H groups in total. The van der Waals surface area contributed by atoms with Crippen LogP contribution < -0.4 is 11.1 Å². The highest BCUT2D eigenvalue weighted by Gasteiger charge is 2.10. The Morgan fingerprint density at radius 2 is 1.55 bits per heavy atom. The summed E-state index contributed by atoms with van der Waals surface area (Å²) in [6, 6.07) is 19.5. The first-order valence-electron chi connectivity index (χ1n) is 9.49. The van der Waals surface area contributed by atoms with Gasteiger partial charge in [-0.1, -0.05) is 24.3 Å². The van der Waals surface area contributed by atoms with E-state index in [1.807, 2.05) is 60.7 Å². The van der Waals surface area contributed by atoms with Crippen LogP contribution in [0.2, 0.25) is 0 Å². The van der Waals surface area contributed by atoms with E-state index < -0.39 is 0 Å². The van der Waals surface area contributed by atoms with Crippen molar-refractivity contribution in [2.75, 3.05) is 11.9 Å². The van der Waals surface area contributed by atoms with E-state index in [-0.39, 0.29) is 0 Å². The van der Waals surface area contributed by atoms with Crippen molar-refractivity contribution in [1.29, 1.82) is 0 Å². The van der Waals surface area contributed by atoms with Gasteiger partial charge >= 0.3 is 0 Å². The molecule has 3 rings (SSSR count). The fourth-order valence-corrected chi connectivity index (χ4v) is 2.92. The molecule has 2 heterocycles. The summed E-state index contributed by atoms with van der Waals surface area (Å²) in [5.74, 6) is 0. The molecule has 0 amide bonds. The number of hydrogen-bond donors (Lipinski definition) is 2. The van der Waals surface area contributed by atoms with Crippen LogP contribution in [0.4, 0.5) is 5.69 Å². The highest BCUT2D eigenvalue weighted by atomic mass is 16.1. The van der Waals surface area contributed by atoms with Crippen molar-refractivity contribution in [3.63, 3.8) is 0 Å². The summed E-state index contributed by atoms with van der Waals surface area (Å²) < 4.78 is 0. The number of rotatable bonds is 10. The van der Waals surface area contributed by atoms with Crippen molar-refractivity contribution in [2.24, 2.45) is 5.73 Å². The number of aldehydes is 1. The molecule has 1 aromatic carbocycles. The Morgan fingerprint density at radius 3 is 2.07 bits per heavy atom. The first-order valence-corrected chi connectivity index (χ1v) is 9.49. The molecule has 6 nitrogen and oxygen atoms in total. The summed E-state index contributed by atoms with van der Waals surface area (Å²) in [7, 11) is 0. The smallest absolute Gasteiger partial charge is 0.124 e. The van der Waals surface area contributed by atoms with E-state index >= 15 is 0 Å². The molecule has 0 saturated heterocycles. The minimum absolute atomic E-state index is 0.425. The second-order valence-corrected chi connectivity index (χ2v) is 6.72. The first kappa shape index (κ1) is 20.2. The van der Waals surface area contributed by atoms with Gasteiger partial charge in [0.05, 0.1) is 11.4 Å². The zero-order chi connectivity index (χ0) is 20.3. The Hall–Kier alpha value is -3.51. The number of carbonyl (C=O) groups is 1. The Balaban J connectivity index is 1.64. The van der Waals surface area contributed by atoms with Crippen molar-refractivity contribution in [3.05, 3.63) is 102 Å². The van der Waals surface area contributed by atoms with E-state index in [0.717, 1.165) is 28.9 Å². The summed E-state index contributed by atoms with van der Waals surface area (Å²) in [5, 5.41) is 3.21. The zero-order valence-corrected chi connectivity index (χ0v) is 16.2. The molecular weight excluding hydrogens is 362 g/mol. The van der Waals surface area contributed by atoms with Crippen LogP contribution in [-0.4, -0.2) is 27.7 Å². The molecule has 6 heteroatoms. The van der Waals surface area contributed by atoms with Crippen LogP contribution in [-0.2, 0) is 24.3 Å². The lowest BCUT2D eigenvalue weighted by atomic mass is 10.1. The number of benzene rings is 1. The van der Waals surface area contributed by atoms with Crippen LogP contribution in [0.3, 0.4) is 0 Å². The van der Waals surface area contributed by atoms with Crippen LogP contribution >= 0.6 is 0 Å². The van der Waals surface area contributed by atoms with Gasteiger partial charge in [0.1, 0.15) is 6.29 Å². The Morgan fingerprint density at radius 1 is 0.931 bits per heavy atom. The highest BCUT2D eigenvalue weighted by molar-refractivity contribution is 5.56. The minimum Gasteiger partial charge on any atom is -0.400 e. The molecule has 0 unspecified atom stereocenters. The number of nitrogens with zero attached hydrogens (tertiary/aromatic N) is 3. The van der Waals surface area contributed by atoms with E-state index in [9.17, 15) is 4.79 Å². The largest absolute Gasteiger partial charge is 0.400 e. The molecule has 148 valence electrons. The van der Waals surface area contributed by atoms with Crippen LogP contribution in [0.15, 0.2) is 85.0 Å². The third-order valence-electron chi connectivity index (χ3n) is 4.33. The maximum atomic E-state index is 10.6. The molecule has 2 aromatic heterocycles. The van der Waals surface area contributed by atoms with E-state index in [0.29, 0.717) is 31.8 Å². The van der Waals surface area contributed by atoms with Gasteiger partial charge in [0.15, 0.2) is 0 Å². The number of carbonyl (C=O) groups excluding carboxylic acids is 1. The van der Waals surface area contributed by atoms with Crippen molar-refractivity contribution in [2.45, 2.75) is 19.5 Å². The molecule has 0 saturated carbocycles. The maximum absolute atomic E-state index is 10.6. The normalized spacial score (nSPS) is 11.4. The molecule has 0 aliphatic rings. The summed E-state index contributed by atoms with van der Waals surface area (Å²) in [6.07, 6.45) is 6.72. The molecule has 0 fully saturated rings. The Kier molecular flexibility index (Phi) is 7.48. The van der Waals surface area contributed by atoms with Crippen molar-refractivity contribution in [3.8, 4) is 0 Å². The monoisotopic (exact) mass is 387 g/mol. The summed E-state index contributed by atoms with van der Waals surface area (Å²) >= 11 is 0. The van der Waals surface area contributed by atoms with Crippen LogP contribution in [0.25, 0.3) is 0 Å². The lowest BCUT2D eigenvalue weighted by molar-refractivity contribution is -0.107. The zero-order valence-electron chi connectivity index (χ0n) is 16.2. The Labute approximate surface area is 171 Å².